The average Bonchev–Trinajstić information content (AvgIpc) is 3.18. The second-order valence-electron chi connectivity index (χ2n) is 6.36. The first-order valence-corrected chi connectivity index (χ1v) is 9.68. The molecule has 2 aliphatic heterocycles. The summed E-state index contributed by atoms with van der Waals surface area (Å²) >= 11 is 0. The maximum Gasteiger partial charge on any atom is 0.236 e. The number of aromatic nitrogens is 2. The van der Waals surface area contributed by atoms with Gasteiger partial charge in [-0.25, -0.2) is 8.42 Å². The van der Waals surface area contributed by atoms with Gasteiger partial charge in [0.05, 0.1) is 24.1 Å². The minimum Gasteiger partial charge on any atom is -0.341 e. The monoisotopic (exact) mass is 342 g/mol. The summed E-state index contributed by atoms with van der Waals surface area (Å²) in [5.41, 5.74) is 0. The number of amides is 1. The maximum absolute atomic E-state index is 12.5. The minimum absolute atomic E-state index is 0.00268. The Bertz CT molecular complexity index is 687. The van der Waals surface area contributed by atoms with E-state index >= 15 is 0 Å². The highest BCUT2D eigenvalue weighted by Gasteiger charge is 2.35. The van der Waals surface area contributed by atoms with E-state index in [1.807, 2.05) is 4.90 Å². The molecule has 0 aliphatic carbocycles. The Kier molecular flexibility index (Phi) is 4.41. The van der Waals surface area contributed by atoms with Gasteiger partial charge in [-0.2, -0.15) is 4.98 Å². The first-order valence-electron chi connectivity index (χ1n) is 7.86. The molecule has 0 bridgehead atoms. The van der Waals surface area contributed by atoms with Crippen LogP contribution >= 0.6 is 0 Å². The molecule has 2 saturated heterocycles. The number of likely N-dealkylation sites (tertiary alicyclic amines) is 1. The van der Waals surface area contributed by atoms with Crippen molar-refractivity contribution in [1.82, 2.24) is 19.9 Å². The lowest BCUT2D eigenvalue weighted by Gasteiger charge is -2.28. The van der Waals surface area contributed by atoms with Gasteiger partial charge in [0.25, 0.3) is 0 Å². The Morgan fingerprint density at radius 1 is 1.43 bits per heavy atom. The number of nitrogens with zero attached hydrogens (tertiary/aromatic N) is 4. The van der Waals surface area contributed by atoms with E-state index in [2.05, 4.69) is 10.1 Å². The summed E-state index contributed by atoms with van der Waals surface area (Å²) in [6.07, 6.45) is 2.40. The lowest BCUT2D eigenvalue weighted by atomic mass is 10.2. The van der Waals surface area contributed by atoms with E-state index in [0.29, 0.717) is 18.1 Å². The molecule has 0 radical (unpaired) electrons. The summed E-state index contributed by atoms with van der Waals surface area (Å²) in [6, 6.07) is -0.210. The topological polar surface area (TPSA) is 96.6 Å². The van der Waals surface area contributed by atoms with E-state index in [9.17, 15) is 13.2 Å². The molecule has 0 saturated carbocycles. The third-order valence-electron chi connectivity index (χ3n) is 4.69. The fourth-order valence-electron chi connectivity index (χ4n) is 3.33. The number of rotatable bonds is 4. The van der Waals surface area contributed by atoms with Crippen LogP contribution in [0.25, 0.3) is 0 Å². The molecule has 2 aliphatic rings. The van der Waals surface area contributed by atoms with E-state index in [4.69, 9.17) is 4.52 Å². The average molecular weight is 342 g/mol. The largest absolute Gasteiger partial charge is 0.341 e. The van der Waals surface area contributed by atoms with Crippen molar-refractivity contribution >= 4 is 15.7 Å². The fraction of sp³-hybridized carbons (Fsp3) is 0.786. The summed E-state index contributed by atoms with van der Waals surface area (Å²) in [4.78, 5) is 20.4. The highest BCUT2D eigenvalue weighted by Crippen LogP contribution is 2.30. The van der Waals surface area contributed by atoms with Crippen molar-refractivity contribution in [3.8, 4) is 0 Å². The van der Waals surface area contributed by atoms with Crippen LogP contribution < -0.4 is 0 Å². The van der Waals surface area contributed by atoms with Gasteiger partial charge in [-0.1, -0.05) is 5.16 Å². The first-order chi connectivity index (χ1) is 10.9. The van der Waals surface area contributed by atoms with Crippen molar-refractivity contribution in [3.05, 3.63) is 11.7 Å². The molecule has 0 unspecified atom stereocenters. The summed E-state index contributed by atoms with van der Waals surface area (Å²) in [5.74, 6) is 1.33. The van der Waals surface area contributed by atoms with Gasteiger partial charge in [0, 0.05) is 20.0 Å². The summed E-state index contributed by atoms with van der Waals surface area (Å²) < 4.78 is 28.2. The number of likely N-dealkylation sites (N-methyl/N-ethyl adjacent to an activating group) is 1. The highest BCUT2D eigenvalue weighted by atomic mass is 32.2. The van der Waals surface area contributed by atoms with Gasteiger partial charge in [0.1, 0.15) is 0 Å². The van der Waals surface area contributed by atoms with E-state index in [1.54, 1.807) is 18.9 Å². The Balaban J connectivity index is 1.62. The zero-order chi connectivity index (χ0) is 16.6. The molecular formula is C14H22N4O4S. The SMILES string of the molecule is Cc1nc([C@@H]2CCCN2CC(=O)N(C)[C@H]2CCS(=O)(=O)C2)no1. The van der Waals surface area contributed by atoms with Crippen LogP contribution in [0.4, 0.5) is 0 Å². The van der Waals surface area contributed by atoms with Crippen LogP contribution in [0, 0.1) is 6.92 Å². The van der Waals surface area contributed by atoms with Crippen LogP contribution in [0.15, 0.2) is 4.52 Å². The number of aryl methyl sites for hydroxylation is 1. The third-order valence-corrected chi connectivity index (χ3v) is 6.44. The molecule has 2 fully saturated rings. The van der Waals surface area contributed by atoms with Crippen molar-refractivity contribution in [2.24, 2.45) is 0 Å². The number of hydrogen-bond acceptors (Lipinski definition) is 7. The fourth-order valence-corrected chi connectivity index (χ4v) is 5.10. The zero-order valence-corrected chi connectivity index (χ0v) is 14.3. The molecule has 0 spiro atoms. The van der Waals surface area contributed by atoms with E-state index < -0.39 is 9.84 Å². The maximum atomic E-state index is 12.5. The number of carbonyl (C=O) groups excluding carboxylic acids is 1. The quantitative estimate of drug-likeness (QED) is 0.769. The molecule has 1 aromatic rings. The Morgan fingerprint density at radius 2 is 2.22 bits per heavy atom. The second-order valence-corrected chi connectivity index (χ2v) is 8.59. The molecule has 2 atom stereocenters. The molecule has 8 nitrogen and oxygen atoms in total. The molecule has 0 aromatic carbocycles. The van der Waals surface area contributed by atoms with Crippen LogP contribution in [0.5, 0.6) is 0 Å². The van der Waals surface area contributed by atoms with Crippen LogP contribution in [-0.4, -0.2) is 72.0 Å². The lowest BCUT2D eigenvalue weighted by molar-refractivity contribution is -0.133. The molecule has 23 heavy (non-hydrogen) atoms. The van der Waals surface area contributed by atoms with Gasteiger partial charge in [-0.3, -0.25) is 9.69 Å². The third kappa shape index (κ3) is 3.55. The molecule has 1 aromatic heterocycles. The van der Waals surface area contributed by atoms with Crippen molar-refractivity contribution in [2.75, 3.05) is 31.6 Å². The van der Waals surface area contributed by atoms with Crippen LogP contribution in [0.2, 0.25) is 0 Å². The molecule has 9 heteroatoms. The Hall–Kier alpha value is -1.48. The predicted octanol–water partition coefficient (Wildman–Crippen LogP) is 0.160. The highest BCUT2D eigenvalue weighted by molar-refractivity contribution is 7.91. The van der Waals surface area contributed by atoms with Crippen LogP contribution in [0.1, 0.15) is 37.0 Å². The van der Waals surface area contributed by atoms with Gasteiger partial charge in [-0.05, 0) is 25.8 Å². The van der Waals surface area contributed by atoms with Gasteiger partial charge in [0.2, 0.25) is 11.8 Å². The standard InChI is InChI=1S/C14H22N4O4S/c1-10-15-14(16-22-10)12-4-3-6-18(12)8-13(19)17(2)11-5-7-23(20,21)9-11/h11-12H,3-9H2,1-2H3/t11-,12-/m0/s1. The normalized spacial score (nSPS) is 27.4. The van der Waals surface area contributed by atoms with E-state index in [0.717, 1.165) is 19.4 Å². The van der Waals surface area contributed by atoms with E-state index in [1.165, 1.54) is 0 Å². The van der Waals surface area contributed by atoms with Crippen molar-refractivity contribution in [2.45, 2.75) is 38.3 Å². The molecule has 128 valence electrons. The second kappa shape index (κ2) is 6.20. The molecule has 3 rings (SSSR count). The predicted molar refractivity (Wildman–Crippen MR) is 82.4 cm³/mol. The molecule has 3 heterocycles. The minimum atomic E-state index is -2.99. The van der Waals surface area contributed by atoms with Gasteiger partial charge in [0.15, 0.2) is 15.7 Å². The first kappa shape index (κ1) is 16.4. The Labute approximate surface area is 135 Å². The van der Waals surface area contributed by atoms with Crippen LogP contribution in [0.3, 0.4) is 0 Å². The lowest BCUT2D eigenvalue weighted by Crippen LogP contribution is -2.43. The van der Waals surface area contributed by atoms with Gasteiger partial charge in [-0.15, -0.1) is 0 Å². The summed E-state index contributed by atoms with van der Waals surface area (Å²) in [6.45, 7) is 2.81. The smallest absolute Gasteiger partial charge is 0.236 e. The van der Waals surface area contributed by atoms with E-state index in [-0.39, 0.29) is 36.0 Å². The summed E-state index contributed by atoms with van der Waals surface area (Å²) in [7, 11) is -1.30. The summed E-state index contributed by atoms with van der Waals surface area (Å²) in [5, 5.41) is 3.96. The van der Waals surface area contributed by atoms with Crippen molar-refractivity contribution in [1.29, 1.82) is 0 Å². The number of sulfone groups is 1. The molecule has 0 N–H and O–H groups in total. The molecule has 1 amide bonds. The van der Waals surface area contributed by atoms with Gasteiger partial charge >= 0.3 is 0 Å². The zero-order valence-electron chi connectivity index (χ0n) is 13.4. The van der Waals surface area contributed by atoms with Crippen molar-refractivity contribution in [3.63, 3.8) is 0 Å². The van der Waals surface area contributed by atoms with Crippen molar-refractivity contribution < 1.29 is 17.7 Å². The van der Waals surface area contributed by atoms with Gasteiger partial charge < -0.3 is 9.42 Å². The number of hydrogen-bond donors (Lipinski definition) is 0. The molecular weight excluding hydrogens is 320 g/mol. The Morgan fingerprint density at radius 3 is 2.83 bits per heavy atom. The number of carbonyl (C=O) groups is 1. The van der Waals surface area contributed by atoms with Crippen LogP contribution in [-0.2, 0) is 14.6 Å².